The second-order valence-corrected chi connectivity index (χ2v) is 3.98. The maximum atomic E-state index is 11.9. The van der Waals surface area contributed by atoms with Crippen molar-refractivity contribution < 1.29 is 19.4 Å². The van der Waals surface area contributed by atoms with E-state index in [1.165, 1.54) is 18.9 Å². The standard InChI is InChI=1S/C10H18N2O4.ClH/c1-6(13)8(11)9(14)12-5-3-4-7(12)10(15)16-2;/h6-8,13H,3-5,11H2,1-2H3;1H/t6-,7+,8+;/m1./s1. The third-order valence-electron chi connectivity index (χ3n) is 2.81. The van der Waals surface area contributed by atoms with Crippen molar-refractivity contribution in [2.75, 3.05) is 13.7 Å². The molecule has 0 saturated carbocycles. The summed E-state index contributed by atoms with van der Waals surface area (Å²) in [6.45, 7) is 1.94. The van der Waals surface area contributed by atoms with Crippen LogP contribution in [0.1, 0.15) is 19.8 Å². The summed E-state index contributed by atoms with van der Waals surface area (Å²) in [6.07, 6.45) is 0.412. The third-order valence-corrected chi connectivity index (χ3v) is 2.81. The first-order chi connectivity index (χ1) is 7.49. The number of hydrogen-bond acceptors (Lipinski definition) is 5. The molecule has 6 nitrogen and oxygen atoms in total. The van der Waals surface area contributed by atoms with Gasteiger partial charge >= 0.3 is 5.97 Å². The quantitative estimate of drug-likeness (QED) is 0.658. The summed E-state index contributed by atoms with van der Waals surface area (Å²) in [4.78, 5) is 24.6. The minimum atomic E-state index is -0.981. The van der Waals surface area contributed by atoms with Crippen molar-refractivity contribution in [1.82, 2.24) is 4.90 Å². The first-order valence-electron chi connectivity index (χ1n) is 5.31. The van der Waals surface area contributed by atoms with Crippen molar-refractivity contribution in [3.8, 4) is 0 Å². The highest BCUT2D eigenvalue weighted by atomic mass is 35.5. The minimum absolute atomic E-state index is 0. The summed E-state index contributed by atoms with van der Waals surface area (Å²) >= 11 is 0. The SMILES string of the molecule is COC(=O)[C@@H]1CCCN1C(=O)[C@@H](N)[C@@H](C)O.Cl. The fourth-order valence-corrected chi connectivity index (χ4v) is 1.81. The fraction of sp³-hybridized carbons (Fsp3) is 0.800. The highest BCUT2D eigenvalue weighted by Gasteiger charge is 2.37. The van der Waals surface area contributed by atoms with Crippen LogP contribution in [0.2, 0.25) is 0 Å². The molecule has 1 aliphatic heterocycles. The Labute approximate surface area is 107 Å². The number of ether oxygens (including phenoxy) is 1. The lowest BCUT2D eigenvalue weighted by atomic mass is 10.1. The predicted octanol–water partition coefficient (Wildman–Crippen LogP) is -0.720. The Hall–Kier alpha value is -0.850. The van der Waals surface area contributed by atoms with Gasteiger partial charge in [0.25, 0.3) is 0 Å². The first-order valence-corrected chi connectivity index (χ1v) is 5.31. The largest absolute Gasteiger partial charge is 0.467 e. The van der Waals surface area contributed by atoms with E-state index in [1.54, 1.807) is 0 Å². The van der Waals surface area contributed by atoms with Crippen molar-refractivity contribution in [2.24, 2.45) is 5.73 Å². The zero-order chi connectivity index (χ0) is 12.3. The van der Waals surface area contributed by atoms with Gasteiger partial charge in [0.05, 0.1) is 13.2 Å². The number of aliphatic hydroxyl groups excluding tert-OH is 1. The van der Waals surface area contributed by atoms with Gasteiger partial charge in [-0.3, -0.25) is 4.79 Å². The van der Waals surface area contributed by atoms with Gasteiger partial charge in [-0.05, 0) is 19.8 Å². The van der Waals surface area contributed by atoms with E-state index >= 15 is 0 Å². The van der Waals surface area contributed by atoms with E-state index < -0.39 is 30.1 Å². The number of likely N-dealkylation sites (tertiary alicyclic amines) is 1. The molecule has 0 radical (unpaired) electrons. The third kappa shape index (κ3) is 3.55. The molecule has 0 aliphatic carbocycles. The monoisotopic (exact) mass is 266 g/mol. The summed E-state index contributed by atoms with van der Waals surface area (Å²) < 4.78 is 4.62. The maximum absolute atomic E-state index is 11.9. The molecule has 0 aromatic heterocycles. The summed E-state index contributed by atoms with van der Waals surface area (Å²) in [5.41, 5.74) is 5.55. The Morgan fingerprint density at radius 3 is 2.59 bits per heavy atom. The van der Waals surface area contributed by atoms with Crippen molar-refractivity contribution >= 4 is 24.3 Å². The minimum Gasteiger partial charge on any atom is -0.467 e. The van der Waals surface area contributed by atoms with Gasteiger partial charge in [0.15, 0.2) is 0 Å². The second kappa shape index (κ2) is 6.78. The van der Waals surface area contributed by atoms with Gasteiger partial charge in [0.2, 0.25) is 5.91 Å². The molecule has 1 saturated heterocycles. The summed E-state index contributed by atoms with van der Waals surface area (Å²) in [6, 6.07) is -1.53. The average molecular weight is 267 g/mol. The number of amides is 1. The van der Waals surface area contributed by atoms with Crippen LogP contribution in [0.15, 0.2) is 0 Å². The summed E-state index contributed by atoms with van der Waals surface area (Å²) in [5.74, 6) is -0.827. The first kappa shape index (κ1) is 16.1. The molecule has 17 heavy (non-hydrogen) atoms. The Kier molecular flexibility index (Phi) is 6.44. The van der Waals surface area contributed by atoms with E-state index in [-0.39, 0.29) is 12.4 Å². The van der Waals surface area contributed by atoms with E-state index in [0.29, 0.717) is 13.0 Å². The molecule has 0 aromatic rings. The van der Waals surface area contributed by atoms with E-state index in [2.05, 4.69) is 4.74 Å². The van der Waals surface area contributed by atoms with Gasteiger partial charge in [-0.15, -0.1) is 12.4 Å². The highest BCUT2D eigenvalue weighted by molar-refractivity contribution is 5.88. The molecule has 3 atom stereocenters. The van der Waals surface area contributed by atoms with Crippen LogP contribution in [0.5, 0.6) is 0 Å². The van der Waals surface area contributed by atoms with Crippen molar-refractivity contribution in [3.05, 3.63) is 0 Å². The fourth-order valence-electron chi connectivity index (χ4n) is 1.81. The van der Waals surface area contributed by atoms with Crippen LogP contribution in [0.3, 0.4) is 0 Å². The molecule has 1 heterocycles. The van der Waals surface area contributed by atoms with Crippen molar-refractivity contribution in [3.63, 3.8) is 0 Å². The number of halogens is 1. The number of carbonyl (C=O) groups excluding carboxylic acids is 2. The zero-order valence-electron chi connectivity index (χ0n) is 9.96. The molecule has 1 aliphatic rings. The van der Waals surface area contributed by atoms with E-state index in [4.69, 9.17) is 5.73 Å². The normalized spacial score (nSPS) is 22.6. The van der Waals surface area contributed by atoms with Crippen LogP contribution < -0.4 is 5.73 Å². The lowest BCUT2D eigenvalue weighted by molar-refractivity contribution is -0.152. The molecule has 0 aromatic carbocycles. The molecule has 0 spiro atoms. The Bertz CT molecular complexity index is 285. The van der Waals surface area contributed by atoms with E-state index in [1.807, 2.05) is 0 Å². The second-order valence-electron chi connectivity index (χ2n) is 3.98. The number of carbonyl (C=O) groups is 2. The van der Waals surface area contributed by atoms with Crippen molar-refractivity contribution in [1.29, 1.82) is 0 Å². The number of nitrogens with two attached hydrogens (primary N) is 1. The number of aliphatic hydroxyl groups is 1. The summed E-state index contributed by atoms with van der Waals surface area (Å²) in [5, 5.41) is 9.25. The number of nitrogens with zero attached hydrogens (tertiary/aromatic N) is 1. The van der Waals surface area contributed by atoms with Crippen LogP contribution in [-0.2, 0) is 14.3 Å². The smallest absolute Gasteiger partial charge is 0.328 e. The number of rotatable bonds is 3. The van der Waals surface area contributed by atoms with Gasteiger partial charge < -0.3 is 20.5 Å². The van der Waals surface area contributed by atoms with E-state index in [0.717, 1.165) is 6.42 Å². The lowest BCUT2D eigenvalue weighted by Crippen LogP contribution is -2.52. The van der Waals surface area contributed by atoms with E-state index in [9.17, 15) is 14.7 Å². The van der Waals surface area contributed by atoms with Crippen LogP contribution in [0, 0.1) is 0 Å². The Morgan fingerprint density at radius 1 is 1.53 bits per heavy atom. The van der Waals surface area contributed by atoms with Gasteiger partial charge in [-0.25, -0.2) is 4.79 Å². The van der Waals surface area contributed by atoms with Gasteiger partial charge in [-0.2, -0.15) is 0 Å². The molecule has 3 N–H and O–H groups in total. The molecular formula is C10H19ClN2O4. The lowest BCUT2D eigenvalue weighted by Gasteiger charge is -2.26. The molecule has 7 heteroatoms. The van der Waals surface area contributed by atoms with Gasteiger partial charge in [-0.1, -0.05) is 0 Å². The topological polar surface area (TPSA) is 92.9 Å². The highest BCUT2D eigenvalue weighted by Crippen LogP contribution is 2.19. The molecule has 1 amide bonds. The van der Waals surface area contributed by atoms with Crippen molar-refractivity contribution in [2.45, 2.75) is 38.0 Å². The molecular weight excluding hydrogens is 248 g/mol. The number of esters is 1. The maximum Gasteiger partial charge on any atom is 0.328 e. The number of hydrogen-bond donors (Lipinski definition) is 2. The van der Waals surface area contributed by atoms with Crippen LogP contribution in [-0.4, -0.2) is 53.7 Å². The summed E-state index contributed by atoms with van der Waals surface area (Å²) in [7, 11) is 1.29. The molecule has 1 fully saturated rings. The predicted molar refractivity (Wildman–Crippen MR) is 63.7 cm³/mol. The zero-order valence-corrected chi connectivity index (χ0v) is 10.8. The van der Waals surface area contributed by atoms with Gasteiger partial charge in [0.1, 0.15) is 12.1 Å². The van der Waals surface area contributed by atoms with Gasteiger partial charge in [0, 0.05) is 6.54 Å². The average Bonchev–Trinajstić information content (AvgIpc) is 2.74. The van der Waals surface area contributed by atoms with Crippen LogP contribution in [0.4, 0.5) is 0 Å². The molecule has 0 bridgehead atoms. The molecule has 0 unspecified atom stereocenters. The van der Waals surface area contributed by atoms with Crippen LogP contribution >= 0.6 is 12.4 Å². The molecule has 100 valence electrons. The van der Waals surface area contributed by atoms with Crippen LogP contribution in [0.25, 0.3) is 0 Å². The Morgan fingerprint density at radius 2 is 2.12 bits per heavy atom. The number of methoxy groups -OCH3 is 1. The molecule has 1 rings (SSSR count). The Balaban J connectivity index is 0.00000256.